The molecule has 0 fully saturated rings. The normalized spacial score (nSPS) is 11.4. The predicted molar refractivity (Wildman–Crippen MR) is 104 cm³/mol. The van der Waals surface area contributed by atoms with Crippen molar-refractivity contribution < 1.29 is 22.7 Å². The molecule has 0 aliphatic carbocycles. The van der Waals surface area contributed by atoms with E-state index >= 15 is 0 Å². The van der Waals surface area contributed by atoms with E-state index in [0.717, 1.165) is 17.5 Å². The van der Waals surface area contributed by atoms with Gasteiger partial charge in [0.2, 0.25) is 0 Å². The van der Waals surface area contributed by atoms with Gasteiger partial charge < -0.3 is 10.1 Å². The van der Waals surface area contributed by atoms with E-state index in [-0.39, 0.29) is 18.2 Å². The Kier molecular flexibility index (Phi) is 5.09. The average Bonchev–Trinajstić information content (AvgIpc) is 3.21. The van der Waals surface area contributed by atoms with Gasteiger partial charge in [-0.3, -0.25) is 9.78 Å². The van der Waals surface area contributed by atoms with Crippen molar-refractivity contribution in [3.05, 3.63) is 84.3 Å². The molecule has 0 saturated heterocycles. The van der Waals surface area contributed by atoms with Crippen LogP contribution in [-0.4, -0.2) is 20.7 Å². The molecule has 1 N–H and O–H groups in total. The van der Waals surface area contributed by atoms with Gasteiger partial charge in [0.25, 0.3) is 5.91 Å². The number of para-hydroxylation sites is 1. The molecule has 9 heteroatoms. The Balaban J connectivity index is 1.43. The summed E-state index contributed by atoms with van der Waals surface area (Å²) in [5.74, 6) is -0.390. The SMILES string of the molecule is O=C(Nc1cccc2cccnc12)c1ccn(COc2cccc(C(F)(F)F)c2)n1. The van der Waals surface area contributed by atoms with Gasteiger partial charge in [-0.1, -0.05) is 24.3 Å². The van der Waals surface area contributed by atoms with Gasteiger partial charge in [0.15, 0.2) is 12.4 Å². The highest BCUT2D eigenvalue weighted by atomic mass is 19.4. The monoisotopic (exact) mass is 412 g/mol. The van der Waals surface area contributed by atoms with Crippen molar-refractivity contribution >= 4 is 22.5 Å². The van der Waals surface area contributed by atoms with Crippen LogP contribution < -0.4 is 10.1 Å². The summed E-state index contributed by atoms with van der Waals surface area (Å²) < 4.78 is 45.0. The number of ether oxygens (including phenoxy) is 1. The third-order valence-corrected chi connectivity index (χ3v) is 4.28. The fourth-order valence-electron chi connectivity index (χ4n) is 2.85. The number of benzene rings is 2. The first-order chi connectivity index (χ1) is 14.4. The van der Waals surface area contributed by atoms with Gasteiger partial charge in [0, 0.05) is 17.8 Å². The van der Waals surface area contributed by atoms with E-state index in [1.165, 1.54) is 29.1 Å². The number of carbonyl (C=O) groups excluding carboxylic acids is 1. The van der Waals surface area contributed by atoms with Crippen LogP contribution in [0.15, 0.2) is 73.1 Å². The highest BCUT2D eigenvalue weighted by Crippen LogP contribution is 2.31. The maximum atomic E-state index is 12.8. The fraction of sp³-hybridized carbons (Fsp3) is 0.0952. The number of hydrogen-bond donors (Lipinski definition) is 1. The lowest BCUT2D eigenvalue weighted by Gasteiger charge is -2.10. The number of amides is 1. The van der Waals surface area contributed by atoms with Gasteiger partial charge in [-0.15, -0.1) is 0 Å². The summed E-state index contributed by atoms with van der Waals surface area (Å²) in [6.07, 6.45) is -1.31. The molecule has 2 aromatic heterocycles. The molecule has 0 spiro atoms. The molecule has 0 saturated carbocycles. The van der Waals surface area contributed by atoms with Crippen LogP contribution in [0.1, 0.15) is 16.1 Å². The van der Waals surface area contributed by atoms with E-state index < -0.39 is 17.6 Å². The fourth-order valence-corrected chi connectivity index (χ4v) is 2.85. The molecule has 152 valence electrons. The second kappa shape index (κ2) is 7.86. The van der Waals surface area contributed by atoms with Crippen molar-refractivity contribution in [3.63, 3.8) is 0 Å². The first kappa shape index (κ1) is 19.4. The van der Waals surface area contributed by atoms with E-state index in [1.807, 2.05) is 12.1 Å². The molecule has 2 heterocycles. The van der Waals surface area contributed by atoms with Gasteiger partial charge in [0.05, 0.1) is 16.8 Å². The number of carbonyl (C=O) groups is 1. The Morgan fingerprint density at radius 3 is 2.70 bits per heavy atom. The van der Waals surface area contributed by atoms with Crippen molar-refractivity contribution in [3.8, 4) is 5.75 Å². The van der Waals surface area contributed by atoms with E-state index in [9.17, 15) is 18.0 Å². The number of pyridine rings is 1. The standard InChI is InChI=1S/C21H15F3N4O2/c22-21(23,24)15-6-2-7-16(12-15)30-13-28-11-9-18(27-28)20(29)26-17-8-1-4-14-5-3-10-25-19(14)17/h1-12H,13H2,(H,26,29). The minimum absolute atomic E-state index is 0.0492. The molecule has 2 aromatic carbocycles. The zero-order chi connectivity index (χ0) is 21.1. The average molecular weight is 412 g/mol. The highest BCUT2D eigenvalue weighted by molar-refractivity contribution is 6.07. The van der Waals surface area contributed by atoms with E-state index in [1.54, 1.807) is 24.4 Å². The molecule has 0 radical (unpaired) electrons. The third-order valence-electron chi connectivity index (χ3n) is 4.28. The number of aromatic nitrogens is 3. The molecule has 0 unspecified atom stereocenters. The topological polar surface area (TPSA) is 69.0 Å². The van der Waals surface area contributed by atoms with Crippen molar-refractivity contribution in [2.24, 2.45) is 0 Å². The maximum Gasteiger partial charge on any atom is 0.416 e. The number of hydrogen-bond acceptors (Lipinski definition) is 4. The van der Waals surface area contributed by atoms with Gasteiger partial charge in [-0.05, 0) is 36.4 Å². The van der Waals surface area contributed by atoms with Crippen molar-refractivity contribution in [2.75, 3.05) is 5.32 Å². The Hall–Kier alpha value is -3.88. The summed E-state index contributed by atoms with van der Waals surface area (Å²) >= 11 is 0. The molecule has 4 rings (SSSR count). The Morgan fingerprint density at radius 1 is 1.07 bits per heavy atom. The van der Waals surface area contributed by atoms with Gasteiger partial charge in [0.1, 0.15) is 5.75 Å². The Bertz CT molecular complexity index is 1200. The second-order valence-electron chi connectivity index (χ2n) is 6.37. The largest absolute Gasteiger partial charge is 0.471 e. The Morgan fingerprint density at radius 2 is 1.87 bits per heavy atom. The molecule has 0 aliphatic heterocycles. The quantitative estimate of drug-likeness (QED) is 0.514. The molecule has 30 heavy (non-hydrogen) atoms. The number of alkyl halides is 3. The summed E-state index contributed by atoms with van der Waals surface area (Å²) in [6, 6.07) is 15.2. The van der Waals surface area contributed by atoms with Crippen LogP contribution in [-0.2, 0) is 12.9 Å². The second-order valence-corrected chi connectivity index (χ2v) is 6.37. The summed E-state index contributed by atoms with van der Waals surface area (Å²) in [7, 11) is 0. The highest BCUT2D eigenvalue weighted by Gasteiger charge is 2.30. The van der Waals surface area contributed by atoms with E-state index in [4.69, 9.17) is 4.74 Å². The maximum absolute atomic E-state index is 12.8. The van der Waals surface area contributed by atoms with Crippen molar-refractivity contribution in [1.82, 2.24) is 14.8 Å². The number of halogens is 3. The van der Waals surface area contributed by atoms with Crippen LogP contribution in [0.3, 0.4) is 0 Å². The number of fused-ring (bicyclic) bond motifs is 1. The number of anilines is 1. The number of nitrogens with one attached hydrogen (secondary N) is 1. The van der Waals surface area contributed by atoms with Crippen LogP contribution in [0.25, 0.3) is 10.9 Å². The third kappa shape index (κ3) is 4.24. The van der Waals surface area contributed by atoms with E-state index in [0.29, 0.717) is 11.2 Å². The van der Waals surface area contributed by atoms with Crippen LogP contribution >= 0.6 is 0 Å². The molecular formula is C21H15F3N4O2. The summed E-state index contributed by atoms with van der Waals surface area (Å²) in [4.78, 5) is 16.8. The molecular weight excluding hydrogens is 397 g/mol. The minimum Gasteiger partial charge on any atom is -0.471 e. The summed E-state index contributed by atoms with van der Waals surface area (Å²) in [5, 5.41) is 7.76. The molecule has 4 aromatic rings. The van der Waals surface area contributed by atoms with E-state index in [2.05, 4.69) is 15.4 Å². The molecule has 0 bridgehead atoms. The predicted octanol–water partition coefficient (Wildman–Crippen LogP) is 4.74. The lowest BCUT2D eigenvalue weighted by atomic mass is 10.2. The molecule has 6 nitrogen and oxygen atoms in total. The molecule has 1 amide bonds. The zero-order valence-corrected chi connectivity index (χ0v) is 15.4. The smallest absolute Gasteiger partial charge is 0.416 e. The lowest BCUT2D eigenvalue weighted by Crippen LogP contribution is -2.14. The van der Waals surface area contributed by atoms with Gasteiger partial charge in [-0.2, -0.15) is 18.3 Å². The summed E-state index contributed by atoms with van der Waals surface area (Å²) in [6.45, 7) is -0.148. The lowest BCUT2D eigenvalue weighted by molar-refractivity contribution is -0.137. The summed E-state index contributed by atoms with van der Waals surface area (Å²) in [5.41, 5.74) is 0.535. The van der Waals surface area contributed by atoms with Crippen molar-refractivity contribution in [2.45, 2.75) is 12.9 Å². The van der Waals surface area contributed by atoms with Crippen molar-refractivity contribution in [1.29, 1.82) is 0 Å². The zero-order valence-electron chi connectivity index (χ0n) is 15.4. The van der Waals surface area contributed by atoms with Crippen LogP contribution in [0.4, 0.5) is 18.9 Å². The van der Waals surface area contributed by atoms with Crippen LogP contribution in [0.2, 0.25) is 0 Å². The number of nitrogens with zero attached hydrogens (tertiary/aromatic N) is 3. The van der Waals surface area contributed by atoms with Gasteiger partial charge >= 0.3 is 6.18 Å². The first-order valence-corrected chi connectivity index (χ1v) is 8.89. The minimum atomic E-state index is -4.45. The van der Waals surface area contributed by atoms with Crippen LogP contribution in [0, 0.1) is 0 Å². The number of rotatable bonds is 5. The first-order valence-electron chi connectivity index (χ1n) is 8.89. The molecule has 0 atom stereocenters. The molecule has 0 aliphatic rings. The van der Waals surface area contributed by atoms with Crippen LogP contribution in [0.5, 0.6) is 5.75 Å². The Labute approximate surface area is 168 Å². The van der Waals surface area contributed by atoms with Gasteiger partial charge in [-0.25, -0.2) is 4.68 Å².